The molecular weight excluding hydrogens is 268 g/mol. The normalized spacial score (nSPS) is 18.8. The van der Waals surface area contributed by atoms with E-state index in [1.807, 2.05) is 11.8 Å². The molecule has 1 heterocycles. The second kappa shape index (κ2) is 9.60. The maximum absolute atomic E-state index is 12.1. The molecule has 21 heavy (non-hydrogen) atoms. The Balaban J connectivity index is 2.24. The van der Waals surface area contributed by atoms with Crippen molar-refractivity contribution in [3.05, 3.63) is 0 Å². The van der Waals surface area contributed by atoms with Crippen LogP contribution in [0.4, 0.5) is 0 Å². The fourth-order valence-electron chi connectivity index (χ4n) is 2.67. The predicted molar refractivity (Wildman–Crippen MR) is 84.4 cm³/mol. The van der Waals surface area contributed by atoms with Crippen LogP contribution in [0.15, 0.2) is 5.16 Å². The number of piperazine rings is 1. The molecule has 3 N–H and O–H groups in total. The molecule has 6 nitrogen and oxygen atoms in total. The highest BCUT2D eigenvalue weighted by Gasteiger charge is 2.25. The van der Waals surface area contributed by atoms with Crippen LogP contribution in [0, 0.1) is 0 Å². The van der Waals surface area contributed by atoms with Gasteiger partial charge in [0.1, 0.15) is 0 Å². The van der Waals surface area contributed by atoms with E-state index in [-0.39, 0.29) is 17.8 Å². The van der Waals surface area contributed by atoms with E-state index in [0.717, 1.165) is 39.0 Å². The Morgan fingerprint density at radius 2 is 1.81 bits per heavy atom. The summed E-state index contributed by atoms with van der Waals surface area (Å²) in [4.78, 5) is 16.2. The highest BCUT2D eigenvalue weighted by molar-refractivity contribution is 5.84. The first-order valence-electron chi connectivity index (χ1n) is 8.09. The van der Waals surface area contributed by atoms with Gasteiger partial charge < -0.3 is 15.8 Å². The molecule has 1 saturated heterocycles. The molecular formula is C15H30N4O2. The summed E-state index contributed by atoms with van der Waals surface area (Å²) in [5.74, 6) is 0.494. The van der Waals surface area contributed by atoms with Crippen LogP contribution >= 0.6 is 0 Å². The van der Waals surface area contributed by atoms with Crippen molar-refractivity contribution >= 4 is 11.7 Å². The van der Waals surface area contributed by atoms with Gasteiger partial charge in [-0.1, -0.05) is 37.8 Å². The lowest BCUT2D eigenvalue weighted by molar-refractivity contribution is -0.133. The van der Waals surface area contributed by atoms with Crippen LogP contribution in [0.1, 0.15) is 52.4 Å². The number of hydrogen-bond acceptors (Lipinski definition) is 4. The van der Waals surface area contributed by atoms with Crippen molar-refractivity contribution in [1.82, 2.24) is 9.80 Å². The third kappa shape index (κ3) is 5.91. The first-order valence-corrected chi connectivity index (χ1v) is 8.09. The van der Waals surface area contributed by atoms with Crippen LogP contribution in [-0.2, 0) is 4.79 Å². The van der Waals surface area contributed by atoms with E-state index in [9.17, 15) is 4.79 Å². The van der Waals surface area contributed by atoms with Crippen molar-refractivity contribution in [2.75, 3.05) is 26.2 Å². The second-order valence-corrected chi connectivity index (χ2v) is 5.78. The molecule has 0 aromatic carbocycles. The lowest BCUT2D eigenvalue weighted by Crippen LogP contribution is -2.54. The number of rotatable bonds is 8. The zero-order valence-corrected chi connectivity index (χ0v) is 13.4. The Morgan fingerprint density at radius 1 is 1.19 bits per heavy atom. The summed E-state index contributed by atoms with van der Waals surface area (Å²) in [5.41, 5.74) is 5.63. The average Bonchev–Trinajstić information content (AvgIpc) is 2.53. The summed E-state index contributed by atoms with van der Waals surface area (Å²) in [6, 6.07) is -0.0821. The fraction of sp³-hybridized carbons (Fsp3) is 0.867. The van der Waals surface area contributed by atoms with E-state index in [4.69, 9.17) is 10.9 Å². The maximum Gasteiger partial charge on any atom is 0.222 e. The lowest BCUT2D eigenvalue weighted by atomic mass is 10.1. The number of nitrogens with two attached hydrogens (primary N) is 1. The molecule has 0 aromatic heterocycles. The van der Waals surface area contributed by atoms with E-state index >= 15 is 0 Å². The number of carbonyl (C=O) groups excluding carboxylic acids is 1. The molecule has 1 amide bonds. The minimum atomic E-state index is -0.0821. The van der Waals surface area contributed by atoms with Crippen molar-refractivity contribution in [3.63, 3.8) is 0 Å². The Kier molecular flexibility index (Phi) is 8.12. The standard InChI is InChI=1S/C15H30N4O2/c1-3-4-5-6-7-8-14(20)19-11-9-18(10-12-19)13(2)15(16)17-21/h13,21H,3-12H2,1-2H3,(H2,16,17). The van der Waals surface area contributed by atoms with Gasteiger partial charge in [-0.05, 0) is 13.3 Å². The SMILES string of the molecule is CCCCCCCC(=O)N1CCN(C(C)C(N)=NO)CC1. The highest BCUT2D eigenvalue weighted by atomic mass is 16.4. The Morgan fingerprint density at radius 3 is 2.38 bits per heavy atom. The third-order valence-electron chi connectivity index (χ3n) is 4.25. The summed E-state index contributed by atoms with van der Waals surface area (Å²) >= 11 is 0. The van der Waals surface area contributed by atoms with Gasteiger partial charge in [-0.2, -0.15) is 0 Å². The number of unbranched alkanes of at least 4 members (excludes halogenated alkanes) is 4. The Bertz CT molecular complexity index is 339. The van der Waals surface area contributed by atoms with E-state index in [0.29, 0.717) is 6.42 Å². The smallest absolute Gasteiger partial charge is 0.222 e. The number of nitrogens with zero attached hydrogens (tertiary/aromatic N) is 3. The summed E-state index contributed by atoms with van der Waals surface area (Å²) in [5, 5.41) is 11.8. The van der Waals surface area contributed by atoms with Crippen molar-refractivity contribution in [2.45, 2.75) is 58.4 Å². The van der Waals surface area contributed by atoms with Crippen molar-refractivity contribution in [3.8, 4) is 0 Å². The zero-order valence-electron chi connectivity index (χ0n) is 13.4. The van der Waals surface area contributed by atoms with Gasteiger partial charge in [0.25, 0.3) is 0 Å². The quantitative estimate of drug-likeness (QED) is 0.234. The second-order valence-electron chi connectivity index (χ2n) is 5.78. The number of amides is 1. The lowest BCUT2D eigenvalue weighted by Gasteiger charge is -2.37. The molecule has 0 aliphatic carbocycles. The Hall–Kier alpha value is -1.30. The number of oxime groups is 1. The van der Waals surface area contributed by atoms with Crippen LogP contribution in [0.5, 0.6) is 0 Å². The molecule has 0 bridgehead atoms. The Labute approximate surface area is 128 Å². The van der Waals surface area contributed by atoms with Gasteiger partial charge >= 0.3 is 0 Å². The van der Waals surface area contributed by atoms with E-state index < -0.39 is 0 Å². The van der Waals surface area contributed by atoms with Crippen molar-refractivity contribution in [2.24, 2.45) is 10.9 Å². The van der Waals surface area contributed by atoms with Gasteiger partial charge in [-0.25, -0.2) is 0 Å². The number of hydrogen-bond donors (Lipinski definition) is 2. The first-order chi connectivity index (χ1) is 10.1. The van der Waals surface area contributed by atoms with E-state index in [2.05, 4.69) is 17.0 Å². The van der Waals surface area contributed by atoms with E-state index in [1.165, 1.54) is 19.3 Å². The van der Waals surface area contributed by atoms with Gasteiger partial charge in [0.2, 0.25) is 5.91 Å². The van der Waals surface area contributed by atoms with Gasteiger partial charge in [0.15, 0.2) is 5.84 Å². The van der Waals surface area contributed by atoms with Crippen molar-refractivity contribution < 1.29 is 10.0 Å². The summed E-state index contributed by atoms with van der Waals surface area (Å²) < 4.78 is 0. The minimum Gasteiger partial charge on any atom is -0.409 e. The summed E-state index contributed by atoms with van der Waals surface area (Å²) in [7, 11) is 0. The maximum atomic E-state index is 12.1. The molecule has 0 spiro atoms. The molecule has 1 unspecified atom stereocenters. The average molecular weight is 298 g/mol. The molecule has 6 heteroatoms. The van der Waals surface area contributed by atoms with Gasteiger partial charge in [-0.3, -0.25) is 9.69 Å². The predicted octanol–water partition coefficient (Wildman–Crippen LogP) is 1.63. The van der Waals surface area contributed by atoms with Crippen LogP contribution in [0.3, 0.4) is 0 Å². The highest BCUT2D eigenvalue weighted by Crippen LogP contribution is 2.11. The van der Waals surface area contributed by atoms with Crippen LogP contribution in [0.25, 0.3) is 0 Å². The van der Waals surface area contributed by atoms with Gasteiger partial charge in [0.05, 0.1) is 6.04 Å². The van der Waals surface area contributed by atoms with E-state index in [1.54, 1.807) is 0 Å². The van der Waals surface area contributed by atoms with Crippen molar-refractivity contribution in [1.29, 1.82) is 0 Å². The van der Waals surface area contributed by atoms with Crippen LogP contribution < -0.4 is 5.73 Å². The molecule has 1 aliphatic rings. The monoisotopic (exact) mass is 298 g/mol. The topological polar surface area (TPSA) is 82.2 Å². The first kappa shape index (κ1) is 17.8. The number of amidine groups is 1. The summed E-state index contributed by atoms with van der Waals surface area (Å²) in [6.07, 6.45) is 6.54. The molecule has 1 aliphatic heterocycles. The molecule has 0 radical (unpaired) electrons. The molecule has 0 aromatic rings. The molecule has 1 fully saturated rings. The zero-order chi connectivity index (χ0) is 15.7. The van der Waals surface area contributed by atoms with Gasteiger partial charge in [0, 0.05) is 32.6 Å². The summed E-state index contributed by atoms with van der Waals surface area (Å²) in [6.45, 7) is 7.13. The minimum absolute atomic E-state index is 0.0821. The van der Waals surface area contributed by atoms with Crippen LogP contribution in [0.2, 0.25) is 0 Å². The molecule has 122 valence electrons. The largest absolute Gasteiger partial charge is 0.409 e. The molecule has 1 atom stereocenters. The molecule has 1 rings (SSSR count). The fourth-order valence-corrected chi connectivity index (χ4v) is 2.67. The molecule has 0 saturated carbocycles. The van der Waals surface area contributed by atoms with Gasteiger partial charge in [-0.15, -0.1) is 0 Å². The third-order valence-corrected chi connectivity index (χ3v) is 4.25. The number of carbonyl (C=O) groups is 1. The van der Waals surface area contributed by atoms with Crippen LogP contribution in [-0.4, -0.2) is 59.0 Å².